The summed E-state index contributed by atoms with van der Waals surface area (Å²) in [5.74, 6) is -0.463. The molecule has 1 amide bonds. The van der Waals surface area contributed by atoms with Gasteiger partial charge in [0.05, 0.1) is 10.9 Å². The van der Waals surface area contributed by atoms with Crippen LogP contribution < -0.4 is 5.73 Å². The zero-order valence-corrected chi connectivity index (χ0v) is 15.9. The van der Waals surface area contributed by atoms with Crippen molar-refractivity contribution in [3.05, 3.63) is 65.9 Å². The molecule has 1 unspecified atom stereocenters. The van der Waals surface area contributed by atoms with E-state index in [9.17, 15) is 4.79 Å². The Bertz CT molecular complexity index is 916. The first-order valence-corrected chi connectivity index (χ1v) is 9.36. The Hall–Kier alpha value is -2.66. The summed E-state index contributed by atoms with van der Waals surface area (Å²) in [4.78, 5) is 12.2. The topological polar surface area (TPSA) is 81.1 Å². The number of fused-ring (bicyclic) bond motifs is 1. The van der Waals surface area contributed by atoms with Gasteiger partial charge in [-0.05, 0) is 36.1 Å². The number of primary amides is 1. The van der Waals surface area contributed by atoms with Gasteiger partial charge in [-0.15, -0.1) is 0 Å². The summed E-state index contributed by atoms with van der Waals surface area (Å²) >= 11 is 0. The molecule has 142 valence electrons. The molecule has 0 bridgehead atoms. The van der Waals surface area contributed by atoms with Crippen molar-refractivity contribution in [2.24, 2.45) is 11.1 Å². The van der Waals surface area contributed by atoms with E-state index in [-0.39, 0.29) is 18.4 Å². The van der Waals surface area contributed by atoms with E-state index in [4.69, 9.17) is 10.8 Å². The van der Waals surface area contributed by atoms with Crippen molar-refractivity contribution in [3.8, 4) is 0 Å². The summed E-state index contributed by atoms with van der Waals surface area (Å²) in [7, 11) is 0. The molecule has 5 nitrogen and oxygen atoms in total. The number of hydrogen-bond acceptors (Lipinski definition) is 3. The minimum atomic E-state index is -0.730. The lowest BCUT2D eigenvalue weighted by Crippen LogP contribution is -2.37. The summed E-state index contributed by atoms with van der Waals surface area (Å²) in [5, 5.41) is 14.6. The van der Waals surface area contributed by atoms with Crippen LogP contribution in [-0.4, -0.2) is 27.4 Å². The smallest absolute Gasteiger partial charge is 0.224 e. The maximum Gasteiger partial charge on any atom is 0.224 e. The lowest BCUT2D eigenvalue weighted by Gasteiger charge is -2.32. The molecule has 27 heavy (non-hydrogen) atoms. The summed E-state index contributed by atoms with van der Waals surface area (Å²) in [6, 6.07) is 16.2. The lowest BCUT2D eigenvalue weighted by atomic mass is 9.70. The van der Waals surface area contributed by atoms with Gasteiger partial charge in [-0.3, -0.25) is 9.48 Å². The van der Waals surface area contributed by atoms with Crippen LogP contribution >= 0.6 is 0 Å². The van der Waals surface area contributed by atoms with Crippen molar-refractivity contribution in [1.29, 1.82) is 0 Å². The van der Waals surface area contributed by atoms with E-state index in [0.717, 1.165) is 41.4 Å². The van der Waals surface area contributed by atoms with Gasteiger partial charge in [-0.25, -0.2) is 0 Å². The third-order valence-corrected chi connectivity index (χ3v) is 5.19. The number of benzene rings is 2. The minimum absolute atomic E-state index is 0.140. The van der Waals surface area contributed by atoms with Gasteiger partial charge in [-0.2, -0.15) is 5.10 Å². The number of carbonyl (C=O) groups excluding carboxylic acids is 1. The monoisotopic (exact) mass is 365 g/mol. The lowest BCUT2D eigenvalue weighted by molar-refractivity contribution is -0.126. The number of aryl methyl sites for hydroxylation is 1. The maximum absolute atomic E-state index is 12.2. The maximum atomic E-state index is 12.2. The molecule has 1 atom stereocenters. The van der Waals surface area contributed by atoms with Gasteiger partial charge >= 0.3 is 0 Å². The molecule has 1 heterocycles. The first-order chi connectivity index (χ1) is 12.9. The normalized spacial score (nSPS) is 13.0. The molecule has 3 N–H and O–H groups in total. The Kier molecular flexibility index (Phi) is 5.61. The molecule has 0 aliphatic heterocycles. The van der Waals surface area contributed by atoms with Gasteiger partial charge in [0, 0.05) is 30.7 Å². The van der Waals surface area contributed by atoms with E-state index < -0.39 is 5.41 Å². The highest BCUT2D eigenvalue weighted by Gasteiger charge is 2.37. The molecular formula is C22H27N3O2. The number of amides is 1. The number of aliphatic hydroxyl groups is 1. The number of unbranched alkanes of at least 4 members (excludes halogenated alkanes) is 1. The van der Waals surface area contributed by atoms with Crippen molar-refractivity contribution in [3.63, 3.8) is 0 Å². The van der Waals surface area contributed by atoms with E-state index in [1.807, 2.05) is 67.2 Å². The SMILES string of the molecule is CC(C)(C(N)=O)C(c1ccccc1)c1ccc2nn(CCCCO)cc2c1. The average Bonchev–Trinajstić information content (AvgIpc) is 3.05. The Morgan fingerprint density at radius 2 is 1.89 bits per heavy atom. The number of carbonyl (C=O) groups is 1. The first-order valence-electron chi connectivity index (χ1n) is 9.36. The molecule has 0 saturated carbocycles. The number of nitrogens with zero attached hydrogens (tertiary/aromatic N) is 2. The molecule has 0 saturated heterocycles. The van der Waals surface area contributed by atoms with E-state index in [1.165, 1.54) is 0 Å². The van der Waals surface area contributed by atoms with Crippen LogP contribution in [0.1, 0.15) is 43.7 Å². The molecule has 1 aromatic heterocycles. The Labute approximate surface area is 159 Å². The molecule has 0 aliphatic rings. The number of nitrogens with two attached hydrogens (primary N) is 1. The van der Waals surface area contributed by atoms with Crippen LogP contribution in [-0.2, 0) is 11.3 Å². The van der Waals surface area contributed by atoms with Gasteiger partial charge in [0.2, 0.25) is 5.91 Å². The third-order valence-electron chi connectivity index (χ3n) is 5.19. The quantitative estimate of drug-likeness (QED) is 0.600. The predicted octanol–water partition coefficient (Wildman–Crippen LogP) is 3.45. The van der Waals surface area contributed by atoms with E-state index in [1.54, 1.807) is 0 Å². The second-order valence-corrected chi connectivity index (χ2v) is 7.57. The molecule has 2 aromatic carbocycles. The molecule has 0 radical (unpaired) electrons. The second kappa shape index (κ2) is 7.92. The van der Waals surface area contributed by atoms with Gasteiger partial charge in [0.25, 0.3) is 0 Å². The predicted molar refractivity (Wildman–Crippen MR) is 107 cm³/mol. The van der Waals surface area contributed by atoms with Crippen molar-refractivity contribution in [2.45, 2.75) is 39.2 Å². The molecule has 5 heteroatoms. The number of aromatic nitrogens is 2. The van der Waals surface area contributed by atoms with Crippen LogP contribution in [0.15, 0.2) is 54.7 Å². The molecule has 0 fully saturated rings. The zero-order chi connectivity index (χ0) is 19.4. The van der Waals surface area contributed by atoms with Crippen LogP contribution in [0.25, 0.3) is 10.9 Å². The summed E-state index contributed by atoms with van der Waals surface area (Å²) < 4.78 is 1.92. The summed E-state index contributed by atoms with van der Waals surface area (Å²) in [6.07, 6.45) is 3.68. The fourth-order valence-corrected chi connectivity index (χ4v) is 3.59. The second-order valence-electron chi connectivity index (χ2n) is 7.57. The highest BCUT2D eigenvalue weighted by molar-refractivity contribution is 5.83. The average molecular weight is 365 g/mol. The van der Waals surface area contributed by atoms with Gasteiger partial charge in [-0.1, -0.05) is 50.2 Å². The molecule has 0 aliphatic carbocycles. The zero-order valence-electron chi connectivity index (χ0n) is 15.9. The molecule has 0 spiro atoms. The van der Waals surface area contributed by atoms with Crippen molar-refractivity contribution in [1.82, 2.24) is 9.78 Å². The standard InChI is InChI=1S/C22H27N3O2/c1-22(2,21(23)27)20(16-8-4-3-5-9-16)17-10-11-19-18(14-17)15-25(24-19)12-6-7-13-26/h3-5,8-11,14-15,20,26H,6-7,12-13H2,1-2H3,(H2,23,27). The van der Waals surface area contributed by atoms with Crippen LogP contribution in [0.4, 0.5) is 0 Å². The molecular weight excluding hydrogens is 338 g/mol. The Morgan fingerprint density at radius 1 is 1.15 bits per heavy atom. The number of aliphatic hydroxyl groups excluding tert-OH is 1. The highest BCUT2D eigenvalue weighted by atomic mass is 16.2. The first kappa shape index (κ1) is 19.1. The van der Waals surface area contributed by atoms with Crippen molar-refractivity contribution < 1.29 is 9.90 Å². The van der Waals surface area contributed by atoms with Gasteiger partial charge in [0.15, 0.2) is 0 Å². The third kappa shape index (κ3) is 4.03. The van der Waals surface area contributed by atoms with Crippen molar-refractivity contribution in [2.75, 3.05) is 6.61 Å². The van der Waals surface area contributed by atoms with Crippen LogP contribution in [0.2, 0.25) is 0 Å². The van der Waals surface area contributed by atoms with Crippen LogP contribution in [0.3, 0.4) is 0 Å². The van der Waals surface area contributed by atoms with Gasteiger partial charge < -0.3 is 10.8 Å². The largest absolute Gasteiger partial charge is 0.396 e. The highest BCUT2D eigenvalue weighted by Crippen LogP contribution is 2.41. The minimum Gasteiger partial charge on any atom is -0.396 e. The van der Waals surface area contributed by atoms with E-state index >= 15 is 0 Å². The Morgan fingerprint density at radius 3 is 2.56 bits per heavy atom. The fraction of sp³-hybridized carbons (Fsp3) is 0.364. The van der Waals surface area contributed by atoms with Crippen molar-refractivity contribution >= 4 is 16.8 Å². The van der Waals surface area contributed by atoms with E-state index in [0.29, 0.717) is 0 Å². The molecule has 3 rings (SSSR count). The summed E-state index contributed by atoms with van der Waals surface area (Å²) in [5.41, 5.74) is 8.06. The van der Waals surface area contributed by atoms with E-state index in [2.05, 4.69) is 11.2 Å². The van der Waals surface area contributed by atoms with Crippen LogP contribution in [0.5, 0.6) is 0 Å². The number of hydrogen-bond donors (Lipinski definition) is 2. The van der Waals surface area contributed by atoms with Crippen LogP contribution in [0, 0.1) is 5.41 Å². The Balaban J connectivity index is 2.01. The number of rotatable bonds is 8. The molecule has 3 aromatic rings. The van der Waals surface area contributed by atoms with Gasteiger partial charge in [0.1, 0.15) is 0 Å². The fourth-order valence-electron chi connectivity index (χ4n) is 3.59. The summed E-state index contributed by atoms with van der Waals surface area (Å²) in [6.45, 7) is 4.77.